The number of nitrogens with zero attached hydrogens (tertiary/aromatic N) is 3. The van der Waals surface area contributed by atoms with E-state index in [1.807, 2.05) is 19.1 Å². The summed E-state index contributed by atoms with van der Waals surface area (Å²) in [5, 5.41) is 0. The van der Waals surface area contributed by atoms with Gasteiger partial charge in [0.2, 0.25) is 0 Å². The van der Waals surface area contributed by atoms with Gasteiger partial charge in [-0.3, -0.25) is 0 Å². The van der Waals surface area contributed by atoms with E-state index in [4.69, 9.17) is 16.3 Å². The molecule has 2 bridgehead atoms. The third-order valence-electron chi connectivity index (χ3n) is 4.27. The highest BCUT2D eigenvalue weighted by Gasteiger charge is 2.43. The summed E-state index contributed by atoms with van der Waals surface area (Å²) in [5.41, 5.74) is 2.90. The van der Waals surface area contributed by atoms with Crippen LogP contribution in [0.3, 0.4) is 0 Å². The van der Waals surface area contributed by atoms with Gasteiger partial charge in [-0.2, -0.15) is 0 Å². The van der Waals surface area contributed by atoms with E-state index in [1.165, 1.54) is 6.42 Å². The van der Waals surface area contributed by atoms with E-state index in [2.05, 4.69) is 14.5 Å². The molecule has 0 radical (unpaired) electrons. The molecule has 2 aromatic heterocycles. The van der Waals surface area contributed by atoms with Gasteiger partial charge in [-0.15, -0.1) is 11.6 Å². The van der Waals surface area contributed by atoms with Crippen LogP contribution in [0.15, 0.2) is 12.1 Å². The predicted octanol–water partition coefficient (Wildman–Crippen LogP) is 2.97. The second-order valence-electron chi connectivity index (χ2n) is 5.50. The molecule has 19 heavy (non-hydrogen) atoms. The molecule has 2 aliphatic rings. The zero-order valence-electron chi connectivity index (χ0n) is 10.8. The van der Waals surface area contributed by atoms with Crippen molar-refractivity contribution < 1.29 is 4.74 Å². The molecule has 3 atom stereocenters. The van der Waals surface area contributed by atoms with Gasteiger partial charge in [-0.1, -0.05) is 0 Å². The van der Waals surface area contributed by atoms with Crippen LogP contribution in [0.1, 0.15) is 36.8 Å². The van der Waals surface area contributed by atoms with Crippen LogP contribution in [0.4, 0.5) is 0 Å². The van der Waals surface area contributed by atoms with E-state index in [-0.39, 0.29) is 0 Å². The van der Waals surface area contributed by atoms with E-state index in [9.17, 15) is 0 Å². The number of aromatic nitrogens is 3. The van der Waals surface area contributed by atoms with E-state index in [1.54, 1.807) is 0 Å². The maximum atomic E-state index is 6.07. The van der Waals surface area contributed by atoms with Crippen LogP contribution < -0.4 is 0 Å². The topological polar surface area (TPSA) is 39.9 Å². The summed E-state index contributed by atoms with van der Waals surface area (Å²) < 4.78 is 8.19. The van der Waals surface area contributed by atoms with Crippen molar-refractivity contribution in [2.45, 2.75) is 50.3 Å². The Morgan fingerprint density at radius 2 is 2.26 bits per heavy atom. The highest BCUT2D eigenvalue weighted by molar-refractivity contribution is 6.16. The van der Waals surface area contributed by atoms with Crippen molar-refractivity contribution in [3.63, 3.8) is 0 Å². The zero-order chi connectivity index (χ0) is 13.0. The molecule has 2 fully saturated rings. The van der Waals surface area contributed by atoms with Gasteiger partial charge >= 0.3 is 0 Å². The van der Waals surface area contributed by atoms with Gasteiger partial charge in [0, 0.05) is 5.69 Å². The monoisotopic (exact) mass is 277 g/mol. The molecule has 4 nitrogen and oxygen atoms in total. The molecule has 0 saturated carbocycles. The van der Waals surface area contributed by atoms with E-state index < -0.39 is 0 Å². The van der Waals surface area contributed by atoms with Gasteiger partial charge in [-0.05, 0) is 38.3 Å². The van der Waals surface area contributed by atoms with Crippen LogP contribution in [0.5, 0.6) is 0 Å². The second kappa shape index (κ2) is 4.18. The van der Waals surface area contributed by atoms with E-state index in [0.29, 0.717) is 24.1 Å². The summed E-state index contributed by atoms with van der Waals surface area (Å²) in [4.78, 5) is 9.27. The first-order chi connectivity index (χ1) is 9.26. The summed E-state index contributed by atoms with van der Waals surface area (Å²) in [7, 11) is 0. The molecule has 0 amide bonds. The first kappa shape index (κ1) is 11.7. The summed E-state index contributed by atoms with van der Waals surface area (Å²) in [6.45, 7) is 2.01. The Morgan fingerprint density at radius 1 is 1.37 bits per heavy atom. The van der Waals surface area contributed by atoms with Crippen molar-refractivity contribution in [2.75, 3.05) is 0 Å². The molecule has 5 heteroatoms. The summed E-state index contributed by atoms with van der Waals surface area (Å²) in [6.07, 6.45) is 4.13. The molecule has 4 heterocycles. The van der Waals surface area contributed by atoms with Gasteiger partial charge < -0.3 is 9.30 Å². The third-order valence-corrected chi connectivity index (χ3v) is 4.51. The number of ether oxygens (including phenoxy) is 1. The van der Waals surface area contributed by atoms with E-state index >= 15 is 0 Å². The number of pyridine rings is 1. The smallest absolute Gasteiger partial charge is 0.160 e. The second-order valence-corrected chi connectivity index (χ2v) is 5.77. The lowest BCUT2D eigenvalue weighted by Gasteiger charge is -2.22. The Bertz CT molecular complexity index is 639. The highest BCUT2D eigenvalue weighted by atomic mass is 35.5. The average Bonchev–Trinajstić information content (AvgIpc) is 3.10. The highest BCUT2D eigenvalue weighted by Crippen LogP contribution is 2.43. The molecule has 0 spiro atoms. The Balaban J connectivity index is 1.89. The summed E-state index contributed by atoms with van der Waals surface area (Å²) >= 11 is 6.07. The molecule has 100 valence electrons. The fourth-order valence-electron chi connectivity index (χ4n) is 3.44. The number of hydrogen-bond acceptors (Lipinski definition) is 3. The van der Waals surface area contributed by atoms with Gasteiger partial charge in [0.1, 0.15) is 11.3 Å². The first-order valence-electron chi connectivity index (χ1n) is 6.82. The quantitative estimate of drug-likeness (QED) is 0.793. The van der Waals surface area contributed by atoms with Crippen molar-refractivity contribution in [2.24, 2.45) is 0 Å². The van der Waals surface area contributed by atoms with Crippen molar-refractivity contribution >= 4 is 22.8 Å². The Hall–Kier alpha value is -1.13. The minimum atomic E-state index is 0.312. The van der Waals surface area contributed by atoms with Gasteiger partial charge in [0.25, 0.3) is 0 Å². The molecular formula is C14H16ClN3O. The van der Waals surface area contributed by atoms with Crippen LogP contribution in [-0.4, -0.2) is 26.7 Å². The van der Waals surface area contributed by atoms with Crippen LogP contribution in [-0.2, 0) is 10.6 Å². The lowest BCUT2D eigenvalue weighted by molar-refractivity contribution is 0.0939. The minimum absolute atomic E-state index is 0.312. The van der Waals surface area contributed by atoms with Gasteiger partial charge in [0.15, 0.2) is 5.65 Å². The molecule has 2 aliphatic heterocycles. The van der Waals surface area contributed by atoms with Crippen LogP contribution in [0, 0.1) is 6.92 Å². The number of aryl methyl sites for hydroxylation is 1. The maximum Gasteiger partial charge on any atom is 0.160 e. The molecule has 0 aliphatic carbocycles. The third kappa shape index (κ3) is 1.70. The van der Waals surface area contributed by atoms with Crippen molar-refractivity contribution in [1.82, 2.24) is 14.5 Å². The number of halogens is 1. The van der Waals surface area contributed by atoms with Crippen LogP contribution in [0.2, 0.25) is 0 Å². The first-order valence-corrected chi connectivity index (χ1v) is 7.35. The largest absolute Gasteiger partial charge is 0.373 e. The Morgan fingerprint density at radius 3 is 2.95 bits per heavy atom. The lowest BCUT2D eigenvalue weighted by atomic mass is 9.95. The standard InChI is InChI=1S/C14H16ClN3O/c1-8-2-4-10-14(16-8)18(13(7-15)17-10)11-6-9-3-5-12(11)19-9/h2,4,9,11-12H,3,5-7H2,1H3. The lowest BCUT2D eigenvalue weighted by Crippen LogP contribution is -2.22. The number of alkyl halides is 1. The minimum Gasteiger partial charge on any atom is -0.373 e. The molecule has 4 rings (SSSR count). The summed E-state index contributed by atoms with van der Waals surface area (Å²) in [6, 6.07) is 4.37. The summed E-state index contributed by atoms with van der Waals surface area (Å²) in [5.74, 6) is 1.33. The molecule has 0 N–H and O–H groups in total. The van der Waals surface area contributed by atoms with Crippen molar-refractivity contribution in [3.8, 4) is 0 Å². The SMILES string of the molecule is Cc1ccc2nc(CCl)n(C3CC4CCC3O4)c2n1. The average molecular weight is 278 g/mol. The van der Waals surface area contributed by atoms with Gasteiger partial charge in [0.05, 0.1) is 24.1 Å². The molecule has 0 aromatic carbocycles. The van der Waals surface area contributed by atoms with Crippen LogP contribution >= 0.6 is 11.6 Å². The zero-order valence-corrected chi connectivity index (χ0v) is 11.6. The predicted molar refractivity (Wildman–Crippen MR) is 73.4 cm³/mol. The fraction of sp³-hybridized carbons (Fsp3) is 0.571. The normalized spacial score (nSPS) is 29.5. The van der Waals surface area contributed by atoms with Crippen molar-refractivity contribution in [3.05, 3.63) is 23.7 Å². The molecule has 3 unspecified atom stereocenters. The maximum absolute atomic E-state index is 6.07. The number of hydrogen-bond donors (Lipinski definition) is 0. The van der Waals surface area contributed by atoms with E-state index in [0.717, 1.165) is 35.5 Å². The van der Waals surface area contributed by atoms with Gasteiger partial charge in [-0.25, -0.2) is 9.97 Å². The molecular weight excluding hydrogens is 262 g/mol. The number of rotatable bonds is 2. The Kier molecular flexibility index (Phi) is 2.57. The fourth-order valence-corrected chi connectivity index (χ4v) is 3.63. The van der Waals surface area contributed by atoms with Crippen LogP contribution in [0.25, 0.3) is 11.2 Å². The number of imidazole rings is 1. The van der Waals surface area contributed by atoms with Crippen molar-refractivity contribution in [1.29, 1.82) is 0 Å². The Labute approximate surface area is 116 Å². The molecule has 2 aromatic rings. The number of fused-ring (bicyclic) bond motifs is 3. The molecule has 2 saturated heterocycles.